The Morgan fingerprint density at radius 1 is 1.29 bits per heavy atom. The van der Waals surface area contributed by atoms with Crippen LogP contribution in [0.4, 0.5) is 0 Å². The minimum absolute atomic E-state index is 0.0780. The summed E-state index contributed by atoms with van der Waals surface area (Å²) >= 11 is 0. The van der Waals surface area contributed by atoms with Gasteiger partial charge in [-0.3, -0.25) is 0 Å². The lowest BCUT2D eigenvalue weighted by Gasteiger charge is -2.22. The monoisotopic (exact) mass is 219 g/mol. The topological polar surface area (TPSA) is 57.4 Å². The molecule has 1 saturated carbocycles. The molecule has 2 aliphatic rings. The van der Waals surface area contributed by atoms with Gasteiger partial charge in [-0.2, -0.15) is 4.31 Å². The summed E-state index contributed by atoms with van der Waals surface area (Å²) in [7, 11) is -3.22. The molecule has 1 saturated heterocycles. The van der Waals surface area contributed by atoms with Crippen molar-refractivity contribution in [1.29, 1.82) is 0 Å². The molecule has 1 N–H and O–H groups in total. The van der Waals surface area contributed by atoms with Crippen molar-refractivity contribution in [1.82, 2.24) is 4.31 Å². The minimum atomic E-state index is -3.22. The third kappa shape index (κ3) is 1.22. The fourth-order valence-electron chi connectivity index (χ4n) is 2.17. The van der Waals surface area contributed by atoms with Gasteiger partial charge in [0.2, 0.25) is 10.0 Å². The molecule has 4 atom stereocenters. The lowest BCUT2D eigenvalue weighted by molar-refractivity contribution is 0.164. The maximum atomic E-state index is 12.0. The van der Waals surface area contributed by atoms with Crippen LogP contribution in [0.1, 0.15) is 33.6 Å². The Labute approximate surface area is 85.0 Å². The van der Waals surface area contributed by atoms with E-state index < -0.39 is 20.9 Å². The largest absolute Gasteiger partial charge is 0.391 e. The first-order valence-corrected chi connectivity index (χ1v) is 6.42. The van der Waals surface area contributed by atoms with E-state index in [2.05, 4.69) is 0 Å². The molecule has 0 aromatic heterocycles. The highest BCUT2D eigenvalue weighted by molar-refractivity contribution is 7.90. The molecule has 4 nitrogen and oxygen atoms in total. The average Bonchev–Trinajstić information content (AvgIpc) is 2.63. The number of sulfonamides is 1. The number of hydrogen-bond donors (Lipinski definition) is 1. The molecule has 0 bridgehead atoms. The van der Waals surface area contributed by atoms with E-state index in [1.807, 2.05) is 0 Å². The molecule has 1 aliphatic carbocycles. The van der Waals surface area contributed by atoms with Crippen LogP contribution >= 0.6 is 0 Å². The van der Waals surface area contributed by atoms with Gasteiger partial charge in [-0.15, -0.1) is 0 Å². The fraction of sp³-hybridized carbons (Fsp3) is 1.00. The van der Waals surface area contributed by atoms with E-state index in [1.165, 1.54) is 4.31 Å². The highest BCUT2D eigenvalue weighted by Gasteiger charge is 2.63. The zero-order valence-corrected chi connectivity index (χ0v) is 9.58. The lowest BCUT2D eigenvalue weighted by atomic mass is 10.3. The second-order valence-electron chi connectivity index (χ2n) is 5.15. The fourth-order valence-corrected chi connectivity index (χ4v) is 3.93. The van der Waals surface area contributed by atoms with Gasteiger partial charge in [-0.25, -0.2) is 8.42 Å². The number of hydrogen-bond acceptors (Lipinski definition) is 3. The van der Waals surface area contributed by atoms with Gasteiger partial charge in [0.15, 0.2) is 0 Å². The van der Waals surface area contributed by atoms with Crippen molar-refractivity contribution < 1.29 is 13.5 Å². The Hall–Kier alpha value is -0.130. The smallest absolute Gasteiger partial charge is 0.219 e. The second-order valence-corrected chi connectivity index (χ2v) is 7.75. The van der Waals surface area contributed by atoms with Crippen LogP contribution in [0.15, 0.2) is 0 Å². The highest BCUT2D eigenvalue weighted by atomic mass is 32.2. The zero-order chi connectivity index (χ0) is 10.7. The van der Waals surface area contributed by atoms with E-state index in [0.29, 0.717) is 0 Å². The standard InChI is InChI=1S/C9H17NO3S/c1-9(2,3)14(12,13)10-6-4-5-7(11)8(6)10/h6-8,11H,4-5H2,1-3H3/t6-,7+,8-,10?/m0/s1. The normalized spacial score (nSPS) is 42.3. The maximum Gasteiger partial charge on any atom is 0.219 e. The van der Waals surface area contributed by atoms with E-state index in [4.69, 9.17) is 0 Å². The minimum Gasteiger partial charge on any atom is -0.391 e. The van der Waals surface area contributed by atoms with Crippen LogP contribution in [0.3, 0.4) is 0 Å². The molecule has 2 fully saturated rings. The molecular formula is C9H17NO3S. The first-order chi connectivity index (χ1) is 6.27. The lowest BCUT2D eigenvalue weighted by Crippen LogP contribution is -2.37. The summed E-state index contributed by atoms with van der Waals surface area (Å²) < 4.78 is 24.7. The van der Waals surface area contributed by atoms with Crippen molar-refractivity contribution in [3.05, 3.63) is 0 Å². The van der Waals surface area contributed by atoms with Crippen molar-refractivity contribution in [3.63, 3.8) is 0 Å². The number of aliphatic hydroxyl groups is 1. The highest BCUT2D eigenvalue weighted by Crippen LogP contribution is 2.47. The summed E-state index contributed by atoms with van der Waals surface area (Å²) in [5, 5.41) is 9.53. The Morgan fingerprint density at radius 2 is 1.86 bits per heavy atom. The molecule has 0 aromatic carbocycles. The molecule has 14 heavy (non-hydrogen) atoms. The summed E-state index contributed by atoms with van der Waals surface area (Å²) in [5.74, 6) is 0. The van der Waals surface area contributed by atoms with Crippen LogP contribution in [0, 0.1) is 0 Å². The summed E-state index contributed by atoms with van der Waals surface area (Å²) in [5.41, 5.74) is 0. The number of rotatable bonds is 1. The number of nitrogens with zero attached hydrogens (tertiary/aromatic N) is 1. The van der Waals surface area contributed by atoms with Crippen LogP contribution in [0.2, 0.25) is 0 Å². The zero-order valence-electron chi connectivity index (χ0n) is 8.77. The van der Waals surface area contributed by atoms with Crippen LogP contribution in [-0.2, 0) is 10.0 Å². The van der Waals surface area contributed by atoms with Crippen molar-refractivity contribution in [2.75, 3.05) is 0 Å². The second kappa shape index (κ2) is 2.71. The Morgan fingerprint density at radius 3 is 2.21 bits per heavy atom. The summed E-state index contributed by atoms with van der Waals surface area (Å²) in [4.78, 5) is 0. The predicted molar refractivity (Wildman–Crippen MR) is 53.3 cm³/mol. The van der Waals surface area contributed by atoms with E-state index in [1.54, 1.807) is 20.8 Å². The van der Waals surface area contributed by atoms with Gasteiger partial charge in [0, 0.05) is 6.04 Å². The molecule has 2 rings (SSSR count). The summed E-state index contributed by atoms with van der Waals surface area (Å²) in [6.07, 6.45) is 1.10. The summed E-state index contributed by atoms with van der Waals surface area (Å²) in [6, 6.07) is -0.0477. The van der Waals surface area contributed by atoms with Crippen molar-refractivity contribution in [3.8, 4) is 0 Å². The van der Waals surface area contributed by atoms with E-state index in [0.717, 1.165) is 12.8 Å². The first-order valence-electron chi connectivity index (χ1n) is 4.98. The molecule has 1 heterocycles. The van der Waals surface area contributed by atoms with E-state index in [9.17, 15) is 13.5 Å². The molecule has 0 amide bonds. The van der Waals surface area contributed by atoms with Crippen LogP contribution in [0.5, 0.6) is 0 Å². The molecule has 0 aromatic rings. The summed E-state index contributed by atoms with van der Waals surface area (Å²) in [6.45, 7) is 5.09. The molecule has 82 valence electrons. The third-order valence-electron chi connectivity index (χ3n) is 3.13. The van der Waals surface area contributed by atoms with Crippen molar-refractivity contribution >= 4 is 10.0 Å². The van der Waals surface area contributed by atoms with Gasteiger partial charge in [-0.1, -0.05) is 0 Å². The molecular weight excluding hydrogens is 202 g/mol. The van der Waals surface area contributed by atoms with Gasteiger partial charge in [0.05, 0.1) is 16.9 Å². The Bertz CT molecular complexity index is 344. The first kappa shape index (κ1) is 10.4. The van der Waals surface area contributed by atoms with Crippen molar-refractivity contribution in [2.45, 2.75) is 56.5 Å². The predicted octanol–water partition coefficient (Wildman–Crippen LogP) is 0.322. The Balaban J connectivity index is 2.21. The van der Waals surface area contributed by atoms with Gasteiger partial charge < -0.3 is 5.11 Å². The van der Waals surface area contributed by atoms with Gasteiger partial charge >= 0.3 is 0 Å². The Kier molecular flexibility index (Phi) is 2.01. The molecule has 1 aliphatic heterocycles. The van der Waals surface area contributed by atoms with E-state index in [-0.39, 0.29) is 12.1 Å². The number of fused-ring (bicyclic) bond motifs is 1. The van der Waals surface area contributed by atoms with Gasteiger partial charge in [-0.05, 0) is 33.6 Å². The van der Waals surface area contributed by atoms with Gasteiger partial charge in [0.1, 0.15) is 0 Å². The molecule has 1 unspecified atom stereocenters. The van der Waals surface area contributed by atoms with Crippen LogP contribution in [-0.4, -0.2) is 40.8 Å². The molecule has 0 spiro atoms. The van der Waals surface area contributed by atoms with Crippen LogP contribution < -0.4 is 0 Å². The molecule has 0 radical (unpaired) electrons. The maximum absolute atomic E-state index is 12.0. The quantitative estimate of drug-likeness (QED) is 0.646. The molecule has 5 heteroatoms. The van der Waals surface area contributed by atoms with Gasteiger partial charge in [0.25, 0.3) is 0 Å². The van der Waals surface area contributed by atoms with Crippen molar-refractivity contribution in [2.24, 2.45) is 0 Å². The number of piperidine rings is 1. The number of aliphatic hydroxyl groups excluding tert-OH is 1. The average molecular weight is 219 g/mol. The SMILES string of the molecule is CC(C)(C)S(=O)(=O)N1[C@@H]2[C@H](O)CC[C@@H]21. The van der Waals surface area contributed by atoms with Crippen LogP contribution in [0.25, 0.3) is 0 Å². The van der Waals surface area contributed by atoms with E-state index >= 15 is 0 Å². The third-order valence-corrected chi connectivity index (χ3v) is 5.75.